The molecule has 29 heavy (non-hydrogen) atoms. The third-order valence-corrected chi connectivity index (χ3v) is 4.45. The molecule has 0 aliphatic rings. The van der Waals surface area contributed by atoms with Crippen molar-refractivity contribution in [3.63, 3.8) is 0 Å². The van der Waals surface area contributed by atoms with Gasteiger partial charge in [0.05, 0.1) is 18.4 Å². The number of methoxy groups -OCH3 is 1. The van der Waals surface area contributed by atoms with Crippen LogP contribution in [0.25, 0.3) is 0 Å². The normalized spacial score (nSPS) is 10.3. The average Bonchev–Trinajstić information content (AvgIpc) is 2.75. The van der Waals surface area contributed by atoms with Gasteiger partial charge in [0.15, 0.2) is 0 Å². The lowest BCUT2D eigenvalue weighted by Gasteiger charge is -2.13. The number of hydrogen-bond acceptors (Lipinski definition) is 6. The van der Waals surface area contributed by atoms with E-state index in [4.69, 9.17) is 4.74 Å². The number of ether oxygens (including phenoxy) is 1. The molecule has 2 aromatic carbocycles. The Morgan fingerprint density at radius 1 is 1.07 bits per heavy atom. The molecule has 0 bridgehead atoms. The predicted octanol–water partition coefficient (Wildman–Crippen LogP) is 4.13. The Kier molecular flexibility index (Phi) is 6.19. The predicted molar refractivity (Wildman–Crippen MR) is 112 cm³/mol. The van der Waals surface area contributed by atoms with Crippen LogP contribution in [0.4, 0.5) is 17.3 Å². The number of nitrogens with zero attached hydrogens (tertiary/aromatic N) is 2. The van der Waals surface area contributed by atoms with E-state index in [1.54, 1.807) is 24.3 Å². The van der Waals surface area contributed by atoms with Gasteiger partial charge in [0.2, 0.25) is 5.95 Å². The molecule has 0 aliphatic carbocycles. The first-order valence-electron chi connectivity index (χ1n) is 9.20. The summed E-state index contributed by atoms with van der Waals surface area (Å²) >= 11 is 0. The van der Waals surface area contributed by atoms with Crippen LogP contribution in [-0.2, 0) is 11.2 Å². The SMILES string of the molecule is CCc1cccc(C)c1NC(=O)c1ccnc(Nc2ccccc2C(=O)OC)n1. The summed E-state index contributed by atoms with van der Waals surface area (Å²) < 4.78 is 4.79. The van der Waals surface area contributed by atoms with Crippen LogP contribution in [0, 0.1) is 6.92 Å². The van der Waals surface area contributed by atoms with Gasteiger partial charge in [0.1, 0.15) is 5.69 Å². The van der Waals surface area contributed by atoms with Crippen molar-refractivity contribution in [1.29, 1.82) is 0 Å². The van der Waals surface area contributed by atoms with Crippen molar-refractivity contribution in [2.45, 2.75) is 20.3 Å². The van der Waals surface area contributed by atoms with Crippen molar-refractivity contribution in [2.24, 2.45) is 0 Å². The van der Waals surface area contributed by atoms with Crippen molar-refractivity contribution in [3.05, 3.63) is 77.1 Å². The summed E-state index contributed by atoms with van der Waals surface area (Å²) in [5.74, 6) is -0.608. The molecule has 3 rings (SSSR count). The highest BCUT2D eigenvalue weighted by Gasteiger charge is 2.15. The van der Waals surface area contributed by atoms with Gasteiger partial charge in [-0.25, -0.2) is 14.8 Å². The van der Waals surface area contributed by atoms with Crippen molar-refractivity contribution in [2.75, 3.05) is 17.7 Å². The van der Waals surface area contributed by atoms with Crippen LogP contribution in [0.3, 0.4) is 0 Å². The number of anilines is 3. The molecule has 148 valence electrons. The Labute approximate surface area is 169 Å². The smallest absolute Gasteiger partial charge is 0.339 e. The van der Waals surface area contributed by atoms with Gasteiger partial charge in [0, 0.05) is 11.9 Å². The number of benzene rings is 2. The van der Waals surface area contributed by atoms with Crippen LogP contribution >= 0.6 is 0 Å². The molecule has 2 N–H and O–H groups in total. The van der Waals surface area contributed by atoms with E-state index in [1.807, 2.05) is 32.0 Å². The Bertz CT molecular complexity index is 1050. The van der Waals surface area contributed by atoms with Gasteiger partial charge in [-0.15, -0.1) is 0 Å². The molecule has 0 atom stereocenters. The molecule has 7 heteroatoms. The van der Waals surface area contributed by atoms with E-state index in [2.05, 4.69) is 20.6 Å². The van der Waals surface area contributed by atoms with E-state index < -0.39 is 5.97 Å². The molecule has 1 amide bonds. The molecule has 0 fully saturated rings. The number of hydrogen-bond donors (Lipinski definition) is 2. The van der Waals surface area contributed by atoms with Gasteiger partial charge in [-0.2, -0.15) is 0 Å². The lowest BCUT2D eigenvalue weighted by atomic mass is 10.1. The summed E-state index contributed by atoms with van der Waals surface area (Å²) in [6, 6.07) is 14.3. The third-order valence-electron chi connectivity index (χ3n) is 4.45. The maximum absolute atomic E-state index is 12.8. The van der Waals surface area contributed by atoms with Crippen molar-refractivity contribution in [3.8, 4) is 0 Å². The zero-order chi connectivity index (χ0) is 20.8. The number of carbonyl (C=O) groups excluding carboxylic acids is 2. The van der Waals surface area contributed by atoms with Gasteiger partial charge in [-0.1, -0.05) is 37.3 Å². The molecule has 3 aromatic rings. The first-order valence-corrected chi connectivity index (χ1v) is 9.20. The minimum absolute atomic E-state index is 0.203. The molecule has 1 heterocycles. The summed E-state index contributed by atoms with van der Waals surface area (Å²) in [5, 5.41) is 5.92. The number of aromatic nitrogens is 2. The fraction of sp³-hybridized carbons (Fsp3) is 0.182. The van der Waals surface area contributed by atoms with Crippen LogP contribution in [-0.4, -0.2) is 29.0 Å². The van der Waals surface area contributed by atoms with Gasteiger partial charge in [0.25, 0.3) is 5.91 Å². The number of esters is 1. The van der Waals surface area contributed by atoms with E-state index >= 15 is 0 Å². The maximum Gasteiger partial charge on any atom is 0.339 e. The largest absolute Gasteiger partial charge is 0.465 e. The number of carbonyl (C=O) groups is 2. The van der Waals surface area contributed by atoms with Crippen molar-refractivity contribution in [1.82, 2.24) is 9.97 Å². The van der Waals surface area contributed by atoms with Crippen LogP contribution in [0.15, 0.2) is 54.7 Å². The highest BCUT2D eigenvalue weighted by molar-refractivity contribution is 6.04. The van der Waals surface area contributed by atoms with Crippen LogP contribution in [0.2, 0.25) is 0 Å². The quantitative estimate of drug-likeness (QED) is 0.615. The molecule has 7 nitrogen and oxygen atoms in total. The van der Waals surface area contributed by atoms with E-state index in [0.717, 1.165) is 23.2 Å². The monoisotopic (exact) mass is 390 g/mol. The number of para-hydroxylation sites is 2. The topological polar surface area (TPSA) is 93.2 Å². The molecule has 0 saturated heterocycles. The minimum atomic E-state index is -0.478. The first-order chi connectivity index (χ1) is 14.0. The Balaban J connectivity index is 1.84. The number of amides is 1. The first kappa shape index (κ1) is 20.0. The van der Waals surface area contributed by atoms with Crippen molar-refractivity contribution >= 4 is 29.2 Å². The lowest BCUT2D eigenvalue weighted by molar-refractivity contribution is 0.0601. The number of nitrogens with one attached hydrogen (secondary N) is 2. The summed E-state index contributed by atoms with van der Waals surface area (Å²) in [7, 11) is 1.32. The second kappa shape index (κ2) is 8.97. The molecule has 0 saturated carbocycles. The fourth-order valence-corrected chi connectivity index (χ4v) is 2.93. The van der Waals surface area contributed by atoms with Crippen molar-refractivity contribution < 1.29 is 14.3 Å². The second-order valence-electron chi connectivity index (χ2n) is 6.34. The second-order valence-corrected chi connectivity index (χ2v) is 6.34. The molecule has 0 unspecified atom stereocenters. The average molecular weight is 390 g/mol. The van der Waals surface area contributed by atoms with Gasteiger partial charge >= 0.3 is 5.97 Å². The number of aryl methyl sites for hydroxylation is 2. The molecule has 0 radical (unpaired) electrons. The molecular formula is C22H22N4O3. The maximum atomic E-state index is 12.8. The standard InChI is InChI=1S/C22H22N4O3/c1-4-15-9-7-8-14(2)19(15)26-20(27)18-12-13-23-22(25-18)24-17-11-6-5-10-16(17)21(28)29-3/h5-13H,4H2,1-3H3,(H,26,27)(H,23,24,25). The summed E-state index contributed by atoms with van der Waals surface area (Å²) in [4.78, 5) is 33.1. The zero-order valence-corrected chi connectivity index (χ0v) is 16.5. The van der Waals surface area contributed by atoms with E-state index in [0.29, 0.717) is 11.3 Å². The minimum Gasteiger partial charge on any atom is -0.465 e. The fourth-order valence-electron chi connectivity index (χ4n) is 2.93. The third kappa shape index (κ3) is 4.57. The summed E-state index contributed by atoms with van der Waals surface area (Å²) in [6.07, 6.45) is 2.29. The summed E-state index contributed by atoms with van der Waals surface area (Å²) in [6.45, 7) is 3.99. The molecule has 1 aromatic heterocycles. The van der Waals surface area contributed by atoms with E-state index in [9.17, 15) is 9.59 Å². The van der Waals surface area contributed by atoms with Gasteiger partial charge < -0.3 is 15.4 Å². The van der Waals surface area contributed by atoms with Crippen LogP contribution < -0.4 is 10.6 Å². The van der Waals surface area contributed by atoms with Gasteiger partial charge in [-0.05, 0) is 42.7 Å². The van der Waals surface area contributed by atoms with Gasteiger partial charge in [-0.3, -0.25) is 4.79 Å². The Hall–Kier alpha value is -3.74. The number of rotatable bonds is 6. The molecular weight excluding hydrogens is 368 g/mol. The van der Waals surface area contributed by atoms with E-state index in [1.165, 1.54) is 19.4 Å². The van der Waals surface area contributed by atoms with Crippen LogP contribution in [0.1, 0.15) is 38.9 Å². The Morgan fingerprint density at radius 3 is 2.62 bits per heavy atom. The highest BCUT2D eigenvalue weighted by Crippen LogP contribution is 2.22. The van der Waals surface area contributed by atoms with Crippen LogP contribution in [0.5, 0.6) is 0 Å². The van der Waals surface area contributed by atoms with E-state index in [-0.39, 0.29) is 17.5 Å². The Morgan fingerprint density at radius 2 is 1.86 bits per heavy atom. The zero-order valence-electron chi connectivity index (χ0n) is 16.5. The summed E-state index contributed by atoms with van der Waals surface area (Å²) in [5.41, 5.74) is 3.88. The molecule has 0 aliphatic heterocycles. The molecule has 0 spiro atoms. The lowest BCUT2D eigenvalue weighted by Crippen LogP contribution is -2.17. The highest BCUT2D eigenvalue weighted by atomic mass is 16.5.